The number of nitrogens with one attached hydrogen (secondary N) is 2. The molecule has 40 heavy (non-hydrogen) atoms. The van der Waals surface area contributed by atoms with E-state index < -0.39 is 5.97 Å². The number of nitrogens with zero attached hydrogens (tertiary/aromatic N) is 6. The molecular weight excluding hydrogens is 524 g/mol. The number of carbonyl (C=O) groups is 3. The highest BCUT2D eigenvalue weighted by Gasteiger charge is 2.05. The van der Waals surface area contributed by atoms with Crippen molar-refractivity contribution in [3.63, 3.8) is 0 Å². The van der Waals surface area contributed by atoms with Gasteiger partial charge >= 0.3 is 5.97 Å². The minimum absolute atomic E-state index is 0.162. The quantitative estimate of drug-likeness (QED) is 0.0754. The summed E-state index contributed by atoms with van der Waals surface area (Å²) in [5, 5.41) is 20.3. The molecular formula is C24H34N10O6. The highest BCUT2D eigenvalue weighted by atomic mass is 16.5. The first-order valence-corrected chi connectivity index (χ1v) is 11.9. The van der Waals surface area contributed by atoms with Crippen LogP contribution in [0.3, 0.4) is 0 Å². The van der Waals surface area contributed by atoms with E-state index in [2.05, 4.69) is 30.7 Å². The zero-order valence-corrected chi connectivity index (χ0v) is 22.1. The molecule has 2 aromatic rings. The van der Waals surface area contributed by atoms with Crippen molar-refractivity contribution >= 4 is 29.2 Å². The number of carbonyl (C=O) groups excluding carboxylic acids is 2. The van der Waals surface area contributed by atoms with Gasteiger partial charge in [0.25, 0.3) is 5.91 Å². The van der Waals surface area contributed by atoms with Crippen molar-refractivity contribution in [2.75, 3.05) is 63.7 Å². The lowest BCUT2D eigenvalue weighted by Crippen LogP contribution is -2.27. The van der Waals surface area contributed by atoms with E-state index in [0.29, 0.717) is 63.0 Å². The fourth-order valence-electron chi connectivity index (χ4n) is 2.46. The summed E-state index contributed by atoms with van der Waals surface area (Å²) in [6, 6.07) is 12.6. The number of carboxylic acid groups (broad SMARTS) is 1. The normalized spacial score (nSPS) is 9.25. The van der Waals surface area contributed by atoms with E-state index in [4.69, 9.17) is 37.1 Å². The molecule has 0 aliphatic rings. The molecule has 0 radical (unpaired) electrons. The Bertz CT molecular complexity index is 1120. The fraction of sp³-hybridized carbons (Fsp3) is 0.375. The second kappa shape index (κ2) is 23.3. The Morgan fingerprint density at radius 1 is 0.875 bits per heavy atom. The van der Waals surface area contributed by atoms with Crippen LogP contribution in [0.4, 0.5) is 11.4 Å². The molecule has 2 rings (SSSR count). The van der Waals surface area contributed by atoms with Crippen LogP contribution in [0.1, 0.15) is 27.6 Å². The maximum absolute atomic E-state index is 11.8. The number of hydrogen-bond acceptors (Lipinski definition) is 9. The van der Waals surface area contributed by atoms with Crippen molar-refractivity contribution < 1.29 is 29.0 Å². The number of carboxylic acids is 1. The molecule has 16 nitrogen and oxygen atoms in total. The second-order valence-corrected chi connectivity index (χ2v) is 7.36. The molecule has 0 aromatic heterocycles. The van der Waals surface area contributed by atoms with Crippen molar-refractivity contribution in [3.8, 4) is 0 Å². The summed E-state index contributed by atoms with van der Waals surface area (Å²) in [5.74, 6) is -1.31. The Kier molecular flexibility index (Phi) is 20.5. The van der Waals surface area contributed by atoms with Crippen LogP contribution in [0.2, 0.25) is 0 Å². The van der Waals surface area contributed by atoms with Gasteiger partial charge in [0.15, 0.2) is 0 Å². The van der Waals surface area contributed by atoms with Gasteiger partial charge in [-0.1, -0.05) is 10.2 Å². The summed E-state index contributed by atoms with van der Waals surface area (Å²) in [7, 11) is 0. The molecule has 7 N–H and O–H groups in total. The molecule has 0 aliphatic carbocycles. The predicted octanol–water partition coefficient (Wildman–Crippen LogP) is 2.94. The number of nitrogens with two attached hydrogens (primary N) is 2. The van der Waals surface area contributed by atoms with Gasteiger partial charge in [0, 0.05) is 59.9 Å². The lowest BCUT2D eigenvalue weighted by Gasteiger charge is -2.07. The monoisotopic (exact) mass is 558 g/mol. The van der Waals surface area contributed by atoms with Gasteiger partial charge in [-0.2, -0.15) is 0 Å². The van der Waals surface area contributed by atoms with Gasteiger partial charge in [-0.3, -0.25) is 9.59 Å². The van der Waals surface area contributed by atoms with Gasteiger partial charge in [0.05, 0.1) is 32.0 Å². The van der Waals surface area contributed by atoms with Crippen molar-refractivity contribution in [1.29, 1.82) is 0 Å². The van der Waals surface area contributed by atoms with E-state index in [-0.39, 0.29) is 23.9 Å². The highest BCUT2D eigenvalue weighted by molar-refractivity contribution is 5.95. The van der Waals surface area contributed by atoms with Crippen LogP contribution in [0, 0.1) is 0 Å². The van der Waals surface area contributed by atoms with E-state index in [1.807, 2.05) is 0 Å². The van der Waals surface area contributed by atoms with Crippen LogP contribution < -0.4 is 22.1 Å². The Morgan fingerprint density at radius 3 is 1.88 bits per heavy atom. The molecule has 0 heterocycles. The Morgan fingerprint density at radius 2 is 1.40 bits per heavy atom. The molecule has 0 aliphatic heterocycles. The van der Waals surface area contributed by atoms with E-state index >= 15 is 0 Å². The molecule has 0 atom stereocenters. The van der Waals surface area contributed by atoms with E-state index in [1.54, 1.807) is 36.4 Å². The molecule has 0 fully saturated rings. The Hall–Kier alpha value is -4.85. The largest absolute Gasteiger partial charge is 0.478 e. The lowest BCUT2D eigenvalue weighted by atomic mass is 10.2. The molecule has 0 unspecified atom stereocenters. The van der Waals surface area contributed by atoms with Crippen LogP contribution in [-0.2, 0) is 14.3 Å². The van der Waals surface area contributed by atoms with Crippen LogP contribution in [0.5, 0.6) is 0 Å². The Labute approximate surface area is 230 Å². The van der Waals surface area contributed by atoms with Crippen LogP contribution >= 0.6 is 0 Å². The standard InChI is InChI=1S/C13H17N5O3.C7H7NO2.C4H10N4O/c1-10(19)17-12-4-2-11(3-5-12)13(20)15-6-8-21-9-7-16-18-14;8-6-3-1-5(2-4-6)7(9)10;5-1-3-9-4-2-7-8-6/h2-5H,6-9H2,1H3,(H,15,20)(H,17,19);1-4H,8H2,(H,9,10);1-5H2. The third kappa shape index (κ3) is 19.3. The number of azide groups is 2. The number of hydrogen-bond donors (Lipinski definition) is 5. The number of rotatable bonds is 14. The molecule has 0 saturated carbocycles. The minimum atomic E-state index is -0.931. The van der Waals surface area contributed by atoms with Gasteiger partial charge in [0.1, 0.15) is 0 Å². The SMILES string of the molecule is CC(=O)Nc1ccc(C(=O)NCCOCCN=[N+]=[N-])cc1.Nc1ccc(C(=O)O)cc1.[N-]=[N+]=NCCOCCN. The summed E-state index contributed by atoms with van der Waals surface area (Å²) in [5.41, 5.74) is 28.3. The maximum Gasteiger partial charge on any atom is 0.335 e. The average Bonchev–Trinajstić information content (AvgIpc) is 2.93. The summed E-state index contributed by atoms with van der Waals surface area (Å²) in [4.78, 5) is 38.1. The number of nitrogen functional groups attached to an aromatic ring is 1. The number of anilines is 2. The van der Waals surface area contributed by atoms with Crippen molar-refractivity contribution in [3.05, 3.63) is 80.5 Å². The predicted molar refractivity (Wildman–Crippen MR) is 150 cm³/mol. The zero-order valence-electron chi connectivity index (χ0n) is 22.1. The first-order valence-electron chi connectivity index (χ1n) is 11.9. The van der Waals surface area contributed by atoms with Crippen LogP contribution in [0.25, 0.3) is 20.9 Å². The van der Waals surface area contributed by atoms with Gasteiger partial charge in [-0.15, -0.1) is 0 Å². The third-order valence-electron chi connectivity index (χ3n) is 4.22. The van der Waals surface area contributed by atoms with Crippen molar-refractivity contribution in [2.24, 2.45) is 16.0 Å². The first kappa shape index (κ1) is 35.2. The zero-order chi connectivity index (χ0) is 30.0. The molecule has 0 saturated heterocycles. The van der Waals surface area contributed by atoms with E-state index in [0.717, 1.165) is 0 Å². The average molecular weight is 559 g/mol. The maximum atomic E-state index is 11.8. The Balaban J connectivity index is 0.000000662. The highest BCUT2D eigenvalue weighted by Crippen LogP contribution is 2.09. The summed E-state index contributed by atoms with van der Waals surface area (Å²) < 4.78 is 10.1. The second-order valence-electron chi connectivity index (χ2n) is 7.36. The van der Waals surface area contributed by atoms with Crippen molar-refractivity contribution in [1.82, 2.24) is 5.32 Å². The molecule has 0 spiro atoms. The van der Waals surface area contributed by atoms with Gasteiger partial charge < -0.3 is 36.7 Å². The smallest absolute Gasteiger partial charge is 0.335 e. The van der Waals surface area contributed by atoms with Gasteiger partial charge in [-0.05, 0) is 59.6 Å². The van der Waals surface area contributed by atoms with Crippen LogP contribution in [0.15, 0.2) is 58.8 Å². The summed E-state index contributed by atoms with van der Waals surface area (Å²) in [6.45, 7) is 4.61. The molecule has 216 valence electrons. The molecule has 0 bridgehead atoms. The molecule has 2 aromatic carbocycles. The minimum Gasteiger partial charge on any atom is -0.478 e. The van der Waals surface area contributed by atoms with Gasteiger partial charge in [0.2, 0.25) is 5.91 Å². The van der Waals surface area contributed by atoms with Gasteiger partial charge in [-0.25, -0.2) is 4.79 Å². The van der Waals surface area contributed by atoms with Crippen LogP contribution in [-0.4, -0.2) is 75.5 Å². The summed E-state index contributed by atoms with van der Waals surface area (Å²) >= 11 is 0. The lowest BCUT2D eigenvalue weighted by molar-refractivity contribution is -0.114. The van der Waals surface area contributed by atoms with E-state index in [1.165, 1.54) is 19.1 Å². The number of ether oxygens (including phenoxy) is 2. The first-order chi connectivity index (χ1) is 19.2. The fourth-order valence-corrected chi connectivity index (χ4v) is 2.46. The topological polar surface area (TPSA) is 264 Å². The number of benzene rings is 2. The third-order valence-corrected chi connectivity index (χ3v) is 4.22. The number of amides is 2. The number of aromatic carboxylic acids is 1. The summed E-state index contributed by atoms with van der Waals surface area (Å²) in [6.07, 6.45) is 0. The molecule has 2 amide bonds. The van der Waals surface area contributed by atoms with Crippen molar-refractivity contribution in [2.45, 2.75) is 6.92 Å². The molecule has 16 heteroatoms. The van der Waals surface area contributed by atoms with E-state index in [9.17, 15) is 14.4 Å².